The normalized spacial score (nSPS) is 15.5. The van der Waals surface area contributed by atoms with Crippen LogP contribution < -0.4 is 10.0 Å². The van der Waals surface area contributed by atoms with Gasteiger partial charge in [0.25, 0.3) is 0 Å². The zero-order valence-corrected chi connectivity index (χ0v) is 19.4. The van der Waals surface area contributed by atoms with Crippen LogP contribution >= 0.6 is 11.9 Å². The number of rotatable bonds is 4. The van der Waals surface area contributed by atoms with Gasteiger partial charge in [-0.15, -0.1) is 0 Å². The van der Waals surface area contributed by atoms with Gasteiger partial charge in [0, 0.05) is 24.5 Å². The lowest BCUT2D eigenvalue weighted by Crippen LogP contribution is -2.51. The molecule has 1 aliphatic heterocycles. The van der Waals surface area contributed by atoms with Crippen molar-refractivity contribution in [1.82, 2.24) is 14.9 Å². The molecule has 1 aromatic rings. The Kier molecular flexibility index (Phi) is 13.2. The van der Waals surface area contributed by atoms with Gasteiger partial charge in [-0.1, -0.05) is 32.0 Å². The van der Waals surface area contributed by atoms with Gasteiger partial charge >= 0.3 is 6.09 Å². The van der Waals surface area contributed by atoms with Crippen molar-refractivity contribution in [1.29, 1.82) is 0 Å². The Bertz CT molecular complexity index is 527. The van der Waals surface area contributed by atoms with E-state index in [0.717, 1.165) is 4.90 Å². The van der Waals surface area contributed by atoms with Crippen molar-refractivity contribution >= 4 is 18.0 Å². The van der Waals surface area contributed by atoms with Crippen molar-refractivity contribution in [2.24, 2.45) is 0 Å². The number of amides is 1. The lowest BCUT2D eigenvalue weighted by atomic mass is 9.92. The average Bonchev–Trinajstić information content (AvgIpc) is 2.64. The Morgan fingerprint density at radius 2 is 1.68 bits per heavy atom. The number of hydrogen-bond donors (Lipinski definition) is 3. The van der Waals surface area contributed by atoms with Crippen molar-refractivity contribution in [3.8, 4) is 0 Å². The summed E-state index contributed by atoms with van der Waals surface area (Å²) in [5, 5.41) is 13.4. The molecule has 0 saturated carbocycles. The lowest BCUT2D eigenvalue weighted by Gasteiger charge is -2.38. The minimum atomic E-state index is -0.777. The molecule has 28 heavy (non-hydrogen) atoms. The molecule has 1 heterocycles. The van der Waals surface area contributed by atoms with Crippen LogP contribution in [0.25, 0.3) is 0 Å². The standard InChI is InChI=1S/C17H26N2O3S.C2H7N.C2H6/c1-16(2,3)22-15(20)19-11-9-17(21,10-12-19)13-18-23-14-7-5-4-6-8-14;1-3-2;1-2/h4-8,18,21H,9-13H2,1-3H3;3H,1-2H3;1-2H3. The molecule has 0 radical (unpaired) electrons. The quantitative estimate of drug-likeness (QED) is 0.650. The maximum Gasteiger partial charge on any atom is 0.410 e. The summed E-state index contributed by atoms with van der Waals surface area (Å²) >= 11 is 1.51. The van der Waals surface area contributed by atoms with E-state index in [-0.39, 0.29) is 6.09 Å². The minimum Gasteiger partial charge on any atom is -0.444 e. The molecule has 2 rings (SSSR count). The second kappa shape index (κ2) is 13.8. The van der Waals surface area contributed by atoms with Gasteiger partial charge in [0.1, 0.15) is 5.60 Å². The van der Waals surface area contributed by atoms with Gasteiger partial charge in [-0.2, -0.15) is 0 Å². The Hall–Kier alpha value is -1.28. The third-order valence-electron chi connectivity index (χ3n) is 3.68. The molecule has 0 aliphatic carbocycles. The van der Waals surface area contributed by atoms with E-state index < -0.39 is 11.2 Å². The molecule has 0 unspecified atom stereocenters. The van der Waals surface area contributed by atoms with Crippen molar-refractivity contribution in [2.75, 3.05) is 33.7 Å². The van der Waals surface area contributed by atoms with Crippen LogP contribution in [0.3, 0.4) is 0 Å². The van der Waals surface area contributed by atoms with Crippen LogP contribution in [0.2, 0.25) is 0 Å². The number of aliphatic hydroxyl groups is 1. The van der Waals surface area contributed by atoms with E-state index in [1.165, 1.54) is 11.9 Å². The zero-order valence-electron chi connectivity index (χ0n) is 18.5. The molecule has 7 heteroatoms. The molecular formula is C21H39N3O3S. The molecule has 1 fully saturated rings. The van der Waals surface area contributed by atoms with Crippen LogP contribution in [0.1, 0.15) is 47.5 Å². The summed E-state index contributed by atoms with van der Waals surface area (Å²) in [5.74, 6) is 0. The van der Waals surface area contributed by atoms with Gasteiger partial charge in [0.2, 0.25) is 0 Å². The van der Waals surface area contributed by atoms with E-state index in [0.29, 0.717) is 32.5 Å². The highest BCUT2D eigenvalue weighted by molar-refractivity contribution is 7.97. The molecule has 0 atom stereocenters. The Labute approximate surface area is 175 Å². The monoisotopic (exact) mass is 413 g/mol. The van der Waals surface area contributed by atoms with Gasteiger partial charge in [-0.25, -0.2) is 4.79 Å². The van der Waals surface area contributed by atoms with Crippen LogP contribution in [0.4, 0.5) is 4.79 Å². The number of piperidine rings is 1. The number of likely N-dealkylation sites (tertiary alicyclic amines) is 1. The van der Waals surface area contributed by atoms with E-state index in [1.807, 2.05) is 79.0 Å². The van der Waals surface area contributed by atoms with Crippen LogP contribution in [0.15, 0.2) is 35.2 Å². The molecule has 6 nitrogen and oxygen atoms in total. The summed E-state index contributed by atoms with van der Waals surface area (Å²) in [5.41, 5.74) is -1.26. The molecule has 1 amide bonds. The number of benzene rings is 1. The molecule has 0 aromatic heterocycles. The van der Waals surface area contributed by atoms with Crippen molar-refractivity contribution < 1.29 is 14.6 Å². The van der Waals surface area contributed by atoms with Crippen LogP contribution in [-0.2, 0) is 4.74 Å². The summed E-state index contributed by atoms with van der Waals surface area (Å²) in [4.78, 5) is 14.8. The Morgan fingerprint density at radius 3 is 2.14 bits per heavy atom. The summed E-state index contributed by atoms with van der Waals surface area (Å²) < 4.78 is 8.60. The van der Waals surface area contributed by atoms with Crippen molar-refractivity contribution in [3.63, 3.8) is 0 Å². The SMILES string of the molecule is CC.CC(C)(C)OC(=O)N1CCC(O)(CNSc2ccccc2)CC1.CNC. The number of nitrogens with zero attached hydrogens (tertiary/aromatic N) is 1. The largest absolute Gasteiger partial charge is 0.444 e. The molecule has 1 aromatic carbocycles. The first-order valence-electron chi connectivity index (χ1n) is 9.93. The molecule has 0 bridgehead atoms. The number of nitrogens with one attached hydrogen (secondary N) is 2. The van der Waals surface area contributed by atoms with Crippen LogP contribution in [0, 0.1) is 0 Å². The number of hydrogen-bond acceptors (Lipinski definition) is 6. The van der Waals surface area contributed by atoms with Crippen molar-refractivity contribution in [2.45, 2.75) is 63.6 Å². The summed E-state index contributed by atoms with van der Waals surface area (Å²) in [6.45, 7) is 11.1. The maximum atomic E-state index is 12.0. The van der Waals surface area contributed by atoms with Crippen molar-refractivity contribution in [3.05, 3.63) is 30.3 Å². The molecule has 1 aliphatic rings. The lowest BCUT2D eigenvalue weighted by molar-refractivity contribution is -0.0281. The summed E-state index contributed by atoms with van der Waals surface area (Å²) in [6, 6.07) is 9.99. The first kappa shape index (κ1) is 26.7. The van der Waals surface area contributed by atoms with E-state index in [4.69, 9.17) is 4.74 Å². The summed E-state index contributed by atoms with van der Waals surface area (Å²) in [7, 11) is 3.75. The first-order chi connectivity index (χ1) is 13.2. The van der Waals surface area contributed by atoms with E-state index in [9.17, 15) is 9.90 Å². The first-order valence-corrected chi connectivity index (χ1v) is 10.7. The fourth-order valence-electron chi connectivity index (χ4n) is 2.35. The van der Waals surface area contributed by atoms with Gasteiger partial charge in [-0.3, -0.25) is 4.72 Å². The second-order valence-electron chi connectivity index (χ2n) is 7.43. The van der Waals surface area contributed by atoms with E-state index in [1.54, 1.807) is 4.90 Å². The molecule has 1 saturated heterocycles. The minimum absolute atomic E-state index is 0.300. The van der Waals surface area contributed by atoms with Gasteiger partial charge in [0.15, 0.2) is 0 Å². The second-order valence-corrected chi connectivity index (χ2v) is 8.39. The van der Waals surface area contributed by atoms with Gasteiger partial charge in [-0.05, 0) is 71.8 Å². The van der Waals surface area contributed by atoms with Gasteiger partial charge in [0.05, 0.1) is 5.60 Å². The third-order valence-corrected chi connectivity index (χ3v) is 4.48. The van der Waals surface area contributed by atoms with E-state index >= 15 is 0 Å². The third kappa shape index (κ3) is 11.5. The van der Waals surface area contributed by atoms with Crippen LogP contribution in [-0.4, -0.2) is 61.0 Å². The molecule has 162 valence electrons. The predicted octanol–water partition coefficient (Wildman–Crippen LogP) is 3.91. The number of carbonyl (C=O) groups is 1. The topological polar surface area (TPSA) is 73.8 Å². The maximum absolute atomic E-state index is 12.0. The Morgan fingerprint density at radius 1 is 1.18 bits per heavy atom. The van der Waals surface area contributed by atoms with E-state index in [2.05, 4.69) is 10.0 Å². The fourth-order valence-corrected chi connectivity index (χ4v) is 3.15. The summed E-state index contributed by atoms with van der Waals surface area (Å²) in [6.07, 6.45) is 0.801. The Balaban J connectivity index is 0.00000133. The predicted molar refractivity (Wildman–Crippen MR) is 119 cm³/mol. The smallest absolute Gasteiger partial charge is 0.410 e. The van der Waals surface area contributed by atoms with Gasteiger partial charge < -0.3 is 20.1 Å². The molecular weight excluding hydrogens is 374 g/mol. The highest BCUT2D eigenvalue weighted by Gasteiger charge is 2.35. The fraction of sp³-hybridized carbons (Fsp3) is 0.667. The highest BCUT2D eigenvalue weighted by atomic mass is 32.2. The van der Waals surface area contributed by atoms with Crippen LogP contribution in [0.5, 0.6) is 0 Å². The number of ether oxygens (including phenoxy) is 1. The average molecular weight is 414 g/mol. The number of carbonyl (C=O) groups excluding carboxylic acids is 1. The molecule has 0 spiro atoms. The zero-order chi connectivity index (χ0) is 21.6. The highest BCUT2D eigenvalue weighted by Crippen LogP contribution is 2.24. The molecule has 3 N–H and O–H groups in total.